The Hall–Kier alpha value is -1.40. The van der Waals surface area contributed by atoms with Crippen molar-refractivity contribution in [2.24, 2.45) is 0 Å². The Kier molecular flexibility index (Phi) is 61.9. The van der Waals surface area contributed by atoms with Crippen LogP contribution in [-0.4, -0.2) is 47.4 Å². The van der Waals surface area contributed by atoms with Gasteiger partial charge in [-0.25, -0.2) is 0 Å². The van der Waals surface area contributed by atoms with Crippen LogP contribution in [-0.2, 0) is 14.3 Å². The summed E-state index contributed by atoms with van der Waals surface area (Å²) in [6.07, 6.45) is 77.0. The lowest BCUT2D eigenvalue weighted by Crippen LogP contribution is -2.45. The summed E-state index contributed by atoms with van der Waals surface area (Å²) < 4.78 is 5.50. The lowest BCUT2D eigenvalue weighted by molar-refractivity contribution is -0.143. The van der Waals surface area contributed by atoms with Gasteiger partial charge in [-0.3, -0.25) is 9.59 Å². The van der Waals surface area contributed by atoms with Crippen molar-refractivity contribution in [3.05, 3.63) is 12.2 Å². The summed E-state index contributed by atoms with van der Waals surface area (Å²) in [6, 6.07) is -0.626. The van der Waals surface area contributed by atoms with Gasteiger partial charge >= 0.3 is 5.97 Å². The Balaban J connectivity index is 3.36. The van der Waals surface area contributed by atoms with Crippen LogP contribution in [0.2, 0.25) is 0 Å². The monoisotopic (exact) mass is 1030 g/mol. The van der Waals surface area contributed by atoms with Gasteiger partial charge in [0.25, 0.3) is 0 Å². The fraction of sp³-hybridized carbons (Fsp3) is 0.940. The molecular weight excluding hydrogens is 899 g/mol. The summed E-state index contributed by atoms with van der Waals surface area (Å²) in [7, 11) is 0. The molecule has 0 aromatic rings. The van der Waals surface area contributed by atoms with Crippen molar-refractivity contribution in [2.75, 3.05) is 13.2 Å². The third-order valence-electron chi connectivity index (χ3n) is 15.8. The molecule has 2 unspecified atom stereocenters. The van der Waals surface area contributed by atoms with E-state index in [-0.39, 0.29) is 18.5 Å². The van der Waals surface area contributed by atoms with E-state index in [1.54, 1.807) is 6.08 Å². The molecule has 0 radical (unpaired) electrons. The van der Waals surface area contributed by atoms with Crippen molar-refractivity contribution in [1.29, 1.82) is 0 Å². The zero-order valence-electron chi connectivity index (χ0n) is 49.6. The highest BCUT2D eigenvalue weighted by molar-refractivity contribution is 5.76. The topological polar surface area (TPSA) is 95.9 Å². The normalized spacial score (nSPS) is 12.5. The quantitative estimate of drug-likeness (QED) is 0.0320. The molecule has 1 amide bonds. The number of rotatable bonds is 63. The predicted octanol–water partition coefficient (Wildman–Crippen LogP) is 21.2. The number of aliphatic hydroxyl groups excluding tert-OH is 2. The minimum atomic E-state index is -0.843. The van der Waals surface area contributed by atoms with E-state index in [1.807, 2.05) is 6.08 Å². The second kappa shape index (κ2) is 63.1. The van der Waals surface area contributed by atoms with Crippen molar-refractivity contribution in [3.63, 3.8) is 0 Å². The van der Waals surface area contributed by atoms with Gasteiger partial charge in [0.2, 0.25) is 5.91 Å². The molecule has 0 aromatic heterocycles. The molecule has 434 valence electrons. The van der Waals surface area contributed by atoms with E-state index in [9.17, 15) is 19.8 Å². The maximum Gasteiger partial charge on any atom is 0.305 e. The largest absolute Gasteiger partial charge is 0.466 e. The van der Waals surface area contributed by atoms with Crippen molar-refractivity contribution in [2.45, 2.75) is 392 Å². The highest BCUT2D eigenvalue weighted by atomic mass is 16.5. The molecule has 6 heteroatoms. The number of esters is 1. The van der Waals surface area contributed by atoms with Gasteiger partial charge in [-0.15, -0.1) is 0 Å². The van der Waals surface area contributed by atoms with Crippen LogP contribution in [0.25, 0.3) is 0 Å². The number of nitrogens with one attached hydrogen (secondary N) is 1. The molecule has 2 atom stereocenters. The number of amides is 1. The lowest BCUT2D eigenvalue weighted by Gasteiger charge is -2.20. The van der Waals surface area contributed by atoms with Crippen LogP contribution in [0.3, 0.4) is 0 Å². The maximum atomic E-state index is 12.5. The molecule has 0 aromatic carbocycles. The fourth-order valence-electron chi connectivity index (χ4n) is 10.7. The van der Waals surface area contributed by atoms with Crippen molar-refractivity contribution in [3.8, 4) is 0 Å². The smallest absolute Gasteiger partial charge is 0.305 e. The molecule has 0 aliphatic carbocycles. The Labute approximate surface area is 457 Å². The Morgan fingerprint density at radius 3 is 0.932 bits per heavy atom. The molecule has 73 heavy (non-hydrogen) atoms. The minimum absolute atomic E-state index is 0.0193. The molecule has 0 heterocycles. The van der Waals surface area contributed by atoms with Crippen LogP contribution in [0.15, 0.2) is 12.2 Å². The summed E-state index contributed by atoms with van der Waals surface area (Å²) in [5.74, 6) is -0.0444. The van der Waals surface area contributed by atoms with E-state index in [1.165, 1.54) is 315 Å². The minimum Gasteiger partial charge on any atom is -0.466 e. The predicted molar refractivity (Wildman–Crippen MR) is 320 cm³/mol. The van der Waals surface area contributed by atoms with Crippen LogP contribution in [0.1, 0.15) is 380 Å². The van der Waals surface area contributed by atoms with Crippen LogP contribution in [0.5, 0.6) is 0 Å². The van der Waals surface area contributed by atoms with Gasteiger partial charge in [0, 0.05) is 12.8 Å². The zero-order chi connectivity index (χ0) is 52.9. The Morgan fingerprint density at radius 1 is 0.370 bits per heavy atom. The third-order valence-corrected chi connectivity index (χ3v) is 15.8. The van der Waals surface area contributed by atoms with Gasteiger partial charge in [0.05, 0.1) is 25.4 Å². The molecule has 0 aliphatic rings. The third kappa shape index (κ3) is 59.7. The second-order valence-electron chi connectivity index (χ2n) is 23.2. The number of allylic oxidation sites excluding steroid dienone is 1. The van der Waals surface area contributed by atoms with Crippen molar-refractivity contribution < 1.29 is 24.5 Å². The first-order chi connectivity index (χ1) is 36.0. The molecule has 0 bridgehead atoms. The molecule has 0 saturated carbocycles. The van der Waals surface area contributed by atoms with Gasteiger partial charge < -0.3 is 20.3 Å². The van der Waals surface area contributed by atoms with E-state index in [0.29, 0.717) is 19.4 Å². The van der Waals surface area contributed by atoms with E-state index >= 15 is 0 Å². The number of carbonyl (C=O) groups excluding carboxylic acids is 2. The van der Waals surface area contributed by atoms with Gasteiger partial charge in [-0.1, -0.05) is 347 Å². The number of hydrogen-bond acceptors (Lipinski definition) is 5. The molecule has 0 rings (SSSR count). The van der Waals surface area contributed by atoms with Gasteiger partial charge in [0.15, 0.2) is 0 Å². The first-order valence-corrected chi connectivity index (χ1v) is 33.5. The molecular formula is C67H131NO5. The molecule has 6 nitrogen and oxygen atoms in total. The standard InChI is InChI=1S/C67H131NO5/c1-3-5-7-9-11-13-15-17-19-31-35-39-43-47-51-55-59-65(70)64(63-69)68-66(71)60-56-52-48-44-40-36-32-29-27-25-23-21-22-24-26-28-30-34-38-42-46-50-54-58-62-73-67(72)61-57-53-49-45-41-37-33-20-18-16-14-12-10-8-6-4-2/h55,59,64-65,69-70H,3-54,56-58,60-63H2,1-2H3,(H,68,71)/b59-55+. The molecule has 0 spiro atoms. The molecule has 0 aliphatic heterocycles. The van der Waals surface area contributed by atoms with Gasteiger partial charge in [0.1, 0.15) is 0 Å². The molecule has 0 saturated heterocycles. The number of ether oxygens (including phenoxy) is 1. The van der Waals surface area contributed by atoms with Gasteiger partial charge in [-0.05, 0) is 32.1 Å². The Morgan fingerprint density at radius 2 is 0.630 bits per heavy atom. The van der Waals surface area contributed by atoms with E-state index in [0.717, 1.165) is 38.5 Å². The lowest BCUT2D eigenvalue weighted by atomic mass is 10.0. The highest BCUT2D eigenvalue weighted by Gasteiger charge is 2.18. The Bertz CT molecular complexity index is 1100. The molecule has 0 fully saturated rings. The summed E-state index contributed by atoms with van der Waals surface area (Å²) in [6.45, 7) is 4.94. The van der Waals surface area contributed by atoms with Crippen LogP contribution < -0.4 is 5.32 Å². The van der Waals surface area contributed by atoms with Crippen molar-refractivity contribution in [1.82, 2.24) is 5.32 Å². The van der Waals surface area contributed by atoms with Crippen molar-refractivity contribution >= 4 is 11.9 Å². The summed E-state index contributed by atoms with van der Waals surface area (Å²) >= 11 is 0. The van der Waals surface area contributed by atoms with Crippen LogP contribution >= 0.6 is 0 Å². The maximum absolute atomic E-state index is 12.5. The number of hydrogen-bond donors (Lipinski definition) is 3. The van der Waals surface area contributed by atoms with Crippen LogP contribution in [0.4, 0.5) is 0 Å². The SMILES string of the molecule is CCCCCCCCCCCCCCCC/C=C/C(O)C(CO)NC(=O)CCCCCCCCCCCCCCCCCCCCCCCCCCOC(=O)CCCCCCCCCCCCCCCCCC. The number of unbranched alkanes of at least 4 members (excludes halogenated alkanes) is 52. The summed E-state index contributed by atoms with van der Waals surface area (Å²) in [4.78, 5) is 24.6. The van der Waals surface area contributed by atoms with E-state index < -0.39 is 12.1 Å². The van der Waals surface area contributed by atoms with E-state index in [2.05, 4.69) is 19.2 Å². The average Bonchev–Trinajstić information content (AvgIpc) is 3.39. The van der Waals surface area contributed by atoms with Gasteiger partial charge in [-0.2, -0.15) is 0 Å². The number of aliphatic hydroxyl groups is 2. The fourth-order valence-corrected chi connectivity index (χ4v) is 10.7. The van der Waals surface area contributed by atoms with E-state index in [4.69, 9.17) is 4.74 Å². The van der Waals surface area contributed by atoms with Crippen LogP contribution in [0, 0.1) is 0 Å². The zero-order valence-corrected chi connectivity index (χ0v) is 49.6. The summed E-state index contributed by atoms with van der Waals surface area (Å²) in [5, 5.41) is 23.2. The highest BCUT2D eigenvalue weighted by Crippen LogP contribution is 2.19. The molecule has 3 N–H and O–H groups in total. The first kappa shape index (κ1) is 71.6. The average molecular weight is 1030 g/mol. The number of carbonyl (C=O) groups is 2. The first-order valence-electron chi connectivity index (χ1n) is 33.5. The summed E-state index contributed by atoms with van der Waals surface area (Å²) in [5.41, 5.74) is 0. The second-order valence-corrected chi connectivity index (χ2v) is 23.2.